The summed E-state index contributed by atoms with van der Waals surface area (Å²) < 4.78 is 0. The van der Waals surface area contributed by atoms with Gasteiger partial charge in [0.05, 0.1) is 0 Å². The molecule has 114 valence electrons. The van der Waals surface area contributed by atoms with Crippen molar-refractivity contribution in [2.75, 3.05) is 57.8 Å². The summed E-state index contributed by atoms with van der Waals surface area (Å²) in [6.45, 7) is 6.24. The first-order valence-corrected chi connectivity index (χ1v) is 7.78. The van der Waals surface area contributed by atoms with E-state index in [2.05, 4.69) is 46.4 Å². The Labute approximate surface area is 126 Å². The van der Waals surface area contributed by atoms with Crippen LogP contribution in [0.4, 0.5) is 10.5 Å². The number of hydrogen-bond donors (Lipinski definition) is 1. The number of piperazine rings is 1. The van der Waals surface area contributed by atoms with Gasteiger partial charge >= 0.3 is 6.03 Å². The lowest BCUT2D eigenvalue weighted by atomic mass is 10.2. The zero-order valence-electron chi connectivity index (χ0n) is 12.7. The molecule has 2 aliphatic heterocycles. The third-order valence-corrected chi connectivity index (χ3v) is 4.43. The van der Waals surface area contributed by atoms with Crippen LogP contribution in [0.1, 0.15) is 5.56 Å². The first kappa shape index (κ1) is 14.2. The monoisotopic (exact) mass is 288 g/mol. The molecule has 0 radical (unpaired) electrons. The van der Waals surface area contributed by atoms with Crippen LogP contribution in [-0.2, 0) is 6.42 Å². The molecule has 2 aliphatic rings. The predicted molar refractivity (Wildman–Crippen MR) is 84.8 cm³/mol. The lowest BCUT2D eigenvalue weighted by Gasteiger charge is -2.32. The number of fused-ring (bicyclic) bond motifs is 1. The Bertz CT molecular complexity index is 497. The highest BCUT2D eigenvalue weighted by Crippen LogP contribution is 2.26. The van der Waals surface area contributed by atoms with Gasteiger partial charge in [0, 0.05) is 51.5 Å². The van der Waals surface area contributed by atoms with Gasteiger partial charge in [-0.3, -0.25) is 0 Å². The quantitative estimate of drug-likeness (QED) is 0.902. The molecule has 0 saturated carbocycles. The van der Waals surface area contributed by atoms with Gasteiger partial charge in [0.15, 0.2) is 0 Å². The number of anilines is 1. The smallest absolute Gasteiger partial charge is 0.317 e. The first-order chi connectivity index (χ1) is 10.2. The van der Waals surface area contributed by atoms with Crippen LogP contribution in [0.25, 0.3) is 0 Å². The van der Waals surface area contributed by atoms with Crippen molar-refractivity contribution in [3.63, 3.8) is 0 Å². The number of amides is 2. The third kappa shape index (κ3) is 3.29. The average molecular weight is 288 g/mol. The number of nitrogens with one attached hydrogen (secondary N) is 1. The van der Waals surface area contributed by atoms with Gasteiger partial charge in [0.25, 0.3) is 0 Å². The molecule has 1 saturated heterocycles. The fourth-order valence-corrected chi connectivity index (χ4v) is 3.06. The molecule has 0 aromatic heterocycles. The van der Waals surface area contributed by atoms with Crippen molar-refractivity contribution in [1.29, 1.82) is 0 Å². The largest absolute Gasteiger partial charge is 0.369 e. The van der Waals surface area contributed by atoms with Gasteiger partial charge in [-0.2, -0.15) is 0 Å². The van der Waals surface area contributed by atoms with Gasteiger partial charge in [-0.05, 0) is 25.1 Å². The van der Waals surface area contributed by atoms with Crippen LogP contribution in [0.15, 0.2) is 24.3 Å². The van der Waals surface area contributed by atoms with E-state index < -0.39 is 0 Å². The Balaban J connectivity index is 1.43. The van der Waals surface area contributed by atoms with Gasteiger partial charge < -0.3 is 20.0 Å². The molecule has 3 rings (SSSR count). The highest BCUT2D eigenvalue weighted by molar-refractivity contribution is 5.74. The van der Waals surface area contributed by atoms with Crippen molar-refractivity contribution < 1.29 is 4.79 Å². The van der Waals surface area contributed by atoms with Crippen LogP contribution in [0.2, 0.25) is 0 Å². The molecule has 21 heavy (non-hydrogen) atoms. The average Bonchev–Trinajstić information content (AvgIpc) is 2.91. The summed E-state index contributed by atoms with van der Waals surface area (Å²) in [6.07, 6.45) is 1.11. The zero-order valence-corrected chi connectivity index (χ0v) is 12.7. The van der Waals surface area contributed by atoms with E-state index in [1.165, 1.54) is 11.3 Å². The van der Waals surface area contributed by atoms with E-state index in [-0.39, 0.29) is 6.03 Å². The molecule has 0 bridgehead atoms. The van der Waals surface area contributed by atoms with E-state index >= 15 is 0 Å². The minimum atomic E-state index is 0.0792. The molecule has 5 heteroatoms. The minimum Gasteiger partial charge on any atom is -0.369 e. The summed E-state index contributed by atoms with van der Waals surface area (Å²) in [5.74, 6) is 0. The van der Waals surface area contributed by atoms with Crippen molar-refractivity contribution in [2.45, 2.75) is 6.42 Å². The van der Waals surface area contributed by atoms with Crippen molar-refractivity contribution in [1.82, 2.24) is 15.1 Å². The maximum Gasteiger partial charge on any atom is 0.317 e. The molecule has 1 N–H and O–H groups in total. The van der Waals surface area contributed by atoms with Gasteiger partial charge in [-0.15, -0.1) is 0 Å². The topological polar surface area (TPSA) is 38.8 Å². The second kappa shape index (κ2) is 6.35. The van der Waals surface area contributed by atoms with Crippen molar-refractivity contribution in [3.8, 4) is 0 Å². The third-order valence-electron chi connectivity index (χ3n) is 4.43. The van der Waals surface area contributed by atoms with Crippen LogP contribution in [0.5, 0.6) is 0 Å². The van der Waals surface area contributed by atoms with E-state index in [1.807, 2.05) is 4.90 Å². The number of carbonyl (C=O) groups is 1. The lowest BCUT2D eigenvalue weighted by Crippen LogP contribution is -2.51. The van der Waals surface area contributed by atoms with Crippen molar-refractivity contribution in [3.05, 3.63) is 29.8 Å². The lowest BCUT2D eigenvalue weighted by molar-refractivity contribution is 0.154. The zero-order chi connectivity index (χ0) is 14.7. The van der Waals surface area contributed by atoms with E-state index in [0.29, 0.717) is 6.54 Å². The summed E-state index contributed by atoms with van der Waals surface area (Å²) >= 11 is 0. The molecule has 2 heterocycles. The molecule has 0 spiro atoms. The maximum absolute atomic E-state index is 12.1. The normalized spacial score (nSPS) is 18.7. The van der Waals surface area contributed by atoms with E-state index in [9.17, 15) is 4.79 Å². The number of nitrogens with zero attached hydrogens (tertiary/aromatic N) is 3. The second-order valence-electron chi connectivity index (χ2n) is 5.89. The Morgan fingerprint density at radius 2 is 1.90 bits per heavy atom. The maximum atomic E-state index is 12.1. The molecule has 1 fully saturated rings. The number of carbonyl (C=O) groups excluding carboxylic acids is 1. The number of hydrogen-bond acceptors (Lipinski definition) is 3. The molecule has 1 aromatic carbocycles. The summed E-state index contributed by atoms with van der Waals surface area (Å²) in [6, 6.07) is 8.62. The van der Waals surface area contributed by atoms with E-state index in [1.54, 1.807) is 0 Å². The van der Waals surface area contributed by atoms with Gasteiger partial charge in [0.2, 0.25) is 0 Å². The molecule has 0 atom stereocenters. The molecule has 5 nitrogen and oxygen atoms in total. The minimum absolute atomic E-state index is 0.0792. The number of rotatable bonds is 3. The van der Waals surface area contributed by atoms with Crippen LogP contribution >= 0.6 is 0 Å². The number of likely N-dealkylation sites (N-methyl/N-ethyl adjacent to an activating group) is 1. The Kier molecular flexibility index (Phi) is 4.29. The summed E-state index contributed by atoms with van der Waals surface area (Å²) in [4.78, 5) is 18.6. The van der Waals surface area contributed by atoms with Gasteiger partial charge in [-0.25, -0.2) is 4.79 Å². The molecule has 0 aliphatic carbocycles. The molecular formula is C16H24N4O. The SMILES string of the molecule is CN1CCN(C(=O)NCCN2CCc3ccccc32)CC1. The molecule has 0 unspecified atom stereocenters. The van der Waals surface area contributed by atoms with Crippen molar-refractivity contribution in [2.24, 2.45) is 0 Å². The Morgan fingerprint density at radius 3 is 2.71 bits per heavy atom. The fourth-order valence-electron chi connectivity index (χ4n) is 3.06. The summed E-state index contributed by atoms with van der Waals surface area (Å²) in [5, 5.41) is 3.05. The standard InChI is InChI=1S/C16H24N4O/c1-18-10-12-20(13-11-18)16(21)17-7-9-19-8-6-14-4-2-3-5-15(14)19/h2-5H,6-13H2,1H3,(H,17,21). The van der Waals surface area contributed by atoms with Crippen LogP contribution in [-0.4, -0.2) is 68.7 Å². The molecule has 2 amide bonds. The Morgan fingerprint density at radius 1 is 1.14 bits per heavy atom. The number of para-hydroxylation sites is 1. The molecular weight excluding hydrogens is 264 g/mol. The van der Waals surface area contributed by atoms with Crippen molar-refractivity contribution >= 4 is 11.7 Å². The summed E-state index contributed by atoms with van der Waals surface area (Å²) in [5.41, 5.74) is 2.74. The van der Waals surface area contributed by atoms with E-state index in [4.69, 9.17) is 0 Å². The number of urea groups is 1. The predicted octanol–water partition coefficient (Wildman–Crippen LogP) is 1.01. The molecule has 1 aromatic rings. The highest BCUT2D eigenvalue weighted by Gasteiger charge is 2.20. The fraction of sp³-hybridized carbons (Fsp3) is 0.562. The second-order valence-corrected chi connectivity index (χ2v) is 5.89. The summed E-state index contributed by atoms with van der Waals surface area (Å²) in [7, 11) is 2.10. The van der Waals surface area contributed by atoms with Crippen LogP contribution in [0, 0.1) is 0 Å². The number of benzene rings is 1. The van der Waals surface area contributed by atoms with E-state index in [0.717, 1.165) is 45.7 Å². The van der Waals surface area contributed by atoms with Crippen LogP contribution < -0.4 is 10.2 Å². The highest BCUT2D eigenvalue weighted by atomic mass is 16.2. The van der Waals surface area contributed by atoms with Gasteiger partial charge in [-0.1, -0.05) is 18.2 Å². The Hall–Kier alpha value is -1.75. The first-order valence-electron chi connectivity index (χ1n) is 7.78. The van der Waals surface area contributed by atoms with Crippen LogP contribution in [0.3, 0.4) is 0 Å². The van der Waals surface area contributed by atoms with Gasteiger partial charge in [0.1, 0.15) is 0 Å².